The molecule has 0 atom stereocenters. The Labute approximate surface area is 110 Å². The van der Waals surface area contributed by atoms with Crippen molar-refractivity contribution in [1.82, 2.24) is 9.97 Å². The Hall–Kier alpha value is -2.50. The van der Waals surface area contributed by atoms with E-state index in [1.165, 1.54) is 33.9 Å². The maximum atomic E-state index is 12.2. The van der Waals surface area contributed by atoms with Crippen molar-refractivity contribution in [3.05, 3.63) is 35.9 Å². The number of carbonyl (C=O) groups is 1. The standard InChI is InChI=1S/C13H14N2O4/c1-17-10-4-8(5-11(18-2)13(10)19-3)12(16)9-6-14-7-15-9/h4-7H,1-3H3,(H,14,15). The van der Waals surface area contributed by atoms with Crippen LogP contribution >= 0.6 is 0 Å². The highest BCUT2D eigenvalue weighted by Crippen LogP contribution is 2.38. The molecule has 6 nitrogen and oxygen atoms in total. The number of benzene rings is 1. The fourth-order valence-electron chi connectivity index (χ4n) is 1.75. The van der Waals surface area contributed by atoms with Crippen molar-refractivity contribution in [2.24, 2.45) is 0 Å². The third-order valence-electron chi connectivity index (χ3n) is 2.67. The zero-order chi connectivity index (χ0) is 13.8. The predicted octanol–water partition coefficient (Wildman–Crippen LogP) is 1.67. The minimum atomic E-state index is -0.197. The van der Waals surface area contributed by atoms with E-state index in [2.05, 4.69) is 9.97 Å². The van der Waals surface area contributed by atoms with Crippen LogP contribution in [-0.2, 0) is 0 Å². The summed E-state index contributed by atoms with van der Waals surface area (Å²) in [6.07, 6.45) is 2.91. The number of ketones is 1. The van der Waals surface area contributed by atoms with Gasteiger partial charge in [-0.05, 0) is 12.1 Å². The number of H-pyrrole nitrogens is 1. The van der Waals surface area contributed by atoms with Crippen molar-refractivity contribution in [1.29, 1.82) is 0 Å². The molecule has 19 heavy (non-hydrogen) atoms. The van der Waals surface area contributed by atoms with Gasteiger partial charge in [0.1, 0.15) is 5.69 Å². The predicted molar refractivity (Wildman–Crippen MR) is 68.1 cm³/mol. The summed E-state index contributed by atoms with van der Waals surface area (Å²) >= 11 is 0. The monoisotopic (exact) mass is 262 g/mol. The summed E-state index contributed by atoms with van der Waals surface area (Å²) in [7, 11) is 4.51. The van der Waals surface area contributed by atoms with Crippen LogP contribution in [0, 0.1) is 0 Å². The number of hydrogen-bond acceptors (Lipinski definition) is 5. The van der Waals surface area contributed by atoms with Crippen molar-refractivity contribution in [3.63, 3.8) is 0 Å². The van der Waals surface area contributed by atoms with Gasteiger partial charge in [0.2, 0.25) is 11.5 Å². The van der Waals surface area contributed by atoms with E-state index < -0.39 is 0 Å². The van der Waals surface area contributed by atoms with Gasteiger partial charge >= 0.3 is 0 Å². The van der Waals surface area contributed by atoms with E-state index >= 15 is 0 Å². The van der Waals surface area contributed by atoms with Gasteiger partial charge < -0.3 is 19.2 Å². The van der Waals surface area contributed by atoms with E-state index in [1.54, 1.807) is 12.1 Å². The molecule has 0 aliphatic carbocycles. The number of carbonyl (C=O) groups excluding carboxylic acids is 1. The second kappa shape index (κ2) is 5.43. The lowest BCUT2D eigenvalue weighted by atomic mass is 10.1. The number of aromatic nitrogens is 2. The number of imidazole rings is 1. The van der Waals surface area contributed by atoms with E-state index in [0.717, 1.165) is 0 Å². The second-order valence-corrected chi connectivity index (χ2v) is 3.71. The number of aromatic amines is 1. The number of methoxy groups -OCH3 is 3. The van der Waals surface area contributed by atoms with E-state index in [1.807, 2.05) is 0 Å². The van der Waals surface area contributed by atoms with Crippen molar-refractivity contribution in [2.75, 3.05) is 21.3 Å². The molecule has 100 valence electrons. The van der Waals surface area contributed by atoms with Gasteiger partial charge in [-0.2, -0.15) is 0 Å². The Morgan fingerprint density at radius 3 is 2.16 bits per heavy atom. The summed E-state index contributed by atoms with van der Waals surface area (Å²) in [4.78, 5) is 18.8. The first-order chi connectivity index (χ1) is 9.21. The van der Waals surface area contributed by atoms with Crippen molar-refractivity contribution < 1.29 is 19.0 Å². The van der Waals surface area contributed by atoms with Gasteiger partial charge in [-0.15, -0.1) is 0 Å². The first-order valence-corrected chi connectivity index (χ1v) is 5.54. The molecular weight excluding hydrogens is 248 g/mol. The minimum Gasteiger partial charge on any atom is -0.493 e. The van der Waals surface area contributed by atoms with Crippen LogP contribution in [0.5, 0.6) is 17.2 Å². The van der Waals surface area contributed by atoms with Crippen LogP contribution in [0.15, 0.2) is 24.7 Å². The van der Waals surface area contributed by atoms with E-state index in [4.69, 9.17) is 14.2 Å². The molecule has 0 bridgehead atoms. The fraction of sp³-hybridized carbons (Fsp3) is 0.231. The Morgan fingerprint density at radius 1 is 1.11 bits per heavy atom. The number of hydrogen-bond donors (Lipinski definition) is 1. The highest BCUT2D eigenvalue weighted by molar-refractivity contribution is 6.08. The van der Waals surface area contributed by atoms with Gasteiger partial charge in [-0.3, -0.25) is 4.79 Å². The maximum absolute atomic E-state index is 12.2. The smallest absolute Gasteiger partial charge is 0.211 e. The topological polar surface area (TPSA) is 73.4 Å². The maximum Gasteiger partial charge on any atom is 0.211 e. The molecule has 0 fully saturated rings. The third-order valence-corrected chi connectivity index (χ3v) is 2.67. The summed E-state index contributed by atoms with van der Waals surface area (Å²) in [5.41, 5.74) is 0.827. The molecule has 0 saturated carbocycles. The van der Waals surface area contributed by atoms with Crippen molar-refractivity contribution in [3.8, 4) is 17.2 Å². The molecule has 0 spiro atoms. The molecule has 0 amide bonds. The van der Waals surface area contributed by atoms with Gasteiger partial charge in [-0.25, -0.2) is 4.98 Å². The zero-order valence-corrected chi connectivity index (χ0v) is 10.9. The molecule has 2 rings (SSSR count). The van der Waals surface area contributed by atoms with Crippen LogP contribution in [-0.4, -0.2) is 37.1 Å². The zero-order valence-electron chi connectivity index (χ0n) is 10.9. The molecule has 1 heterocycles. The lowest BCUT2D eigenvalue weighted by molar-refractivity contribution is 0.103. The molecule has 2 aromatic rings. The first kappa shape index (κ1) is 12.9. The van der Waals surface area contributed by atoms with Crippen LogP contribution in [0.2, 0.25) is 0 Å². The van der Waals surface area contributed by atoms with Crippen LogP contribution in [0.3, 0.4) is 0 Å². The molecule has 1 aromatic heterocycles. The molecule has 0 radical (unpaired) electrons. The summed E-state index contributed by atoms with van der Waals surface area (Å²) in [5.74, 6) is 1.12. The molecular formula is C13H14N2O4. The Morgan fingerprint density at radius 2 is 1.74 bits per heavy atom. The summed E-state index contributed by atoms with van der Waals surface area (Å²) in [5, 5.41) is 0. The molecule has 6 heteroatoms. The van der Waals surface area contributed by atoms with Crippen molar-refractivity contribution in [2.45, 2.75) is 0 Å². The van der Waals surface area contributed by atoms with E-state index in [9.17, 15) is 4.79 Å². The van der Waals surface area contributed by atoms with E-state index in [0.29, 0.717) is 28.5 Å². The lowest BCUT2D eigenvalue weighted by Crippen LogP contribution is -2.04. The molecule has 0 aliphatic heterocycles. The van der Waals surface area contributed by atoms with Gasteiger partial charge in [0.15, 0.2) is 11.5 Å². The lowest BCUT2D eigenvalue weighted by Gasteiger charge is -2.13. The number of ether oxygens (including phenoxy) is 3. The normalized spacial score (nSPS) is 10.1. The molecule has 1 N–H and O–H groups in total. The van der Waals surface area contributed by atoms with Crippen LogP contribution in [0.25, 0.3) is 0 Å². The minimum absolute atomic E-state index is 0.197. The Kier molecular flexibility index (Phi) is 3.70. The van der Waals surface area contributed by atoms with Gasteiger partial charge in [0.05, 0.1) is 33.9 Å². The summed E-state index contributed by atoms with van der Waals surface area (Å²) < 4.78 is 15.6. The van der Waals surface area contributed by atoms with Crippen LogP contribution in [0.1, 0.15) is 16.1 Å². The quantitative estimate of drug-likeness (QED) is 0.830. The van der Waals surface area contributed by atoms with E-state index in [-0.39, 0.29) is 5.78 Å². The SMILES string of the molecule is COc1cc(C(=O)c2cnc[nH]2)cc(OC)c1OC. The summed E-state index contributed by atoms with van der Waals surface area (Å²) in [6.45, 7) is 0. The third kappa shape index (κ3) is 2.37. The fourth-order valence-corrected chi connectivity index (χ4v) is 1.75. The van der Waals surface area contributed by atoms with Crippen LogP contribution in [0.4, 0.5) is 0 Å². The molecule has 0 aliphatic rings. The highest BCUT2D eigenvalue weighted by atomic mass is 16.5. The number of nitrogens with one attached hydrogen (secondary N) is 1. The average Bonchev–Trinajstić information content (AvgIpc) is 2.98. The van der Waals surface area contributed by atoms with Gasteiger partial charge in [0.25, 0.3) is 0 Å². The number of nitrogens with zero attached hydrogens (tertiary/aromatic N) is 1. The van der Waals surface area contributed by atoms with Crippen LogP contribution < -0.4 is 14.2 Å². The summed E-state index contributed by atoms with van der Waals surface area (Å²) in [6, 6.07) is 3.20. The molecule has 1 aromatic carbocycles. The van der Waals surface area contributed by atoms with Gasteiger partial charge in [0, 0.05) is 5.56 Å². The molecule has 0 saturated heterocycles. The Balaban J connectivity index is 2.50. The number of rotatable bonds is 5. The van der Waals surface area contributed by atoms with Crippen molar-refractivity contribution >= 4 is 5.78 Å². The first-order valence-electron chi connectivity index (χ1n) is 5.54. The average molecular weight is 262 g/mol. The van der Waals surface area contributed by atoms with Gasteiger partial charge in [-0.1, -0.05) is 0 Å². The second-order valence-electron chi connectivity index (χ2n) is 3.71. The Bertz CT molecular complexity index is 553. The molecule has 0 unspecified atom stereocenters. The highest BCUT2D eigenvalue weighted by Gasteiger charge is 2.18. The largest absolute Gasteiger partial charge is 0.493 e.